The van der Waals surface area contributed by atoms with Crippen molar-refractivity contribution in [2.45, 2.75) is 39.2 Å². The number of aromatic nitrogens is 1. The molecule has 0 saturated carbocycles. The lowest BCUT2D eigenvalue weighted by atomic mass is 9.87. The smallest absolute Gasteiger partial charge is 0.251 e. The van der Waals surface area contributed by atoms with Gasteiger partial charge in [-0.2, -0.15) is 0 Å². The Morgan fingerprint density at radius 3 is 2.29 bits per heavy atom. The molecular formula is C27H31N3O4. The van der Waals surface area contributed by atoms with Gasteiger partial charge in [-0.05, 0) is 52.9 Å². The largest absolute Gasteiger partial charge is 0.493 e. The van der Waals surface area contributed by atoms with E-state index in [4.69, 9.17) is 9.47 Å². The van der Waals surface area contributed by atoms with Crippen LogP contribution in [0.1, 0.15) is 48.7 Å². The first-order valence-corrected chi connectivity index (χ1v) is 11.1. The van der Waals surface area contributed by atoms with Crippen molar-refractivity contribution >= 4 is 17.5 Å². The van der Waals surface area contributed by atoms with Crippen molar-refractivity contribution in [1.29, 1.82) is 0 Å². The molecule has 2 aromatic carbocycles. The third-order valence-electron chi connectivity index (χ3n) is 5.24. The SMILES string of the molecule is COc1ccc(NC(=O)CCNC(=O)c2ccc(C(C)(C)C)cc2)cc1OCc1ccncc1. The number of nitrogens with zero attached hydrogens (tertiary/aromatic N) is 1. The summed E-state index contributed by atoms with van der Waals surface area (Å²) >= 11 is 0. The van der Waals surface area contributed by atoms with Crippen LogP contribution in [-0.2, 0) is 16.8 Å². The first-order valence-electron chi connectivity index (χ1n) is 11.1. The van der Waals surface area contributed by atoms with E-state index in [1.54, 1.807) is 49.8 Å². The molecule has 0 aliphatic carbocycles. The van der Waals surface area contributed by atoms with E-state index in [0.29, 0.717) is 29.4 Å². The number of anilines is 1. The van der Waals surface area contributed by atoms with Crippen molar-refractivity contribution in [2.75, 3.05) is 19.0 Å². The standard InChI is InChI=1S/C27H31N3O4/c1-27(2,3)21-7-5-20(6-8-21)26(32)29-16-13-25(31)30-22-9-10-23(33-4)24(17-22)34-18-19-11-14-28-15-12-19/h5-12,14-15,17H,13,16,18H2,1-4H3,(H,29,32)(H,30,31). The summed E-state index contributed by atoms with van der Waals surface area (Å²) in [6.45, 7) is 6.95. The normalized spacial score (nSPS) is 10.9. The zero-order chi connectivity index (χ0) is 24.6. The summed E-state index contributed by atoms with van der Waals surface area (Å²) in [6, 6.07) is 16.5. The summed E-state index contributed by atoms with van der Waals surface area (Å²) in [5, 5.41) is 5.63. The Morgan fingerprint density at radius 1 is 0.941 bits per heavy atom. The van der Waals surface area contributed by atoms with Crippen molar-refractivity contribution in [1.82, 2.24) is 10.3 Å². The van der Waals surface area contributed by atoms with Crippen molar-refractivity contribution in [3.8, 4) is 11.5 Å². The molecule has 3 rings (SSSR count). The van der Waals surface area contributed by atoms with Gasteiger partial charge in [0.05, 0.1) is 7.11 Å². The van der Waals surface area contributed by atoms with Crippen molar-refractivity contribution in [3.63, 3.8) is 0 Å². The van der Waals surface area contributed by atoms with Crippen LogP contribution in [0.25, 0.3) is 0 Å². The Balaban J connectivity index is 1.50. The summed E-state index contributed by atoms with van der Waals surface area (Å²) < 4.78 is 11.2. The predicted octanol–water partition coefficient (Wildman–Crippen LogP) is 4.73. The molecule has 7 heteroatoms. The average molecular weight is 462 g/mol. The van der Waals surface area contributed by atoms with Crippen LogP contribution >= 0.6 is 0 Å². The lowest BCUT2D eigenvalue weighted by molar-refractivity contribution is -0.116. The molecule has 178 valence electrons. The summed E-state index contributed by atoms with van der Waals surface area (Å²) in [6.07, 6.45) is 3.55. The van der Waals surface area contributed by atoms with Gasteiger partial charge in [-0.1, -0.05) is 32.9 Å². The predicted molar refractivity (Wildman–Crippen MR) is 132 cm³/mol. The summed E-state index contributed by atoms with van der Waals surface area (Å²) in [5.41, 5.74) is 3.31. The quantitative estimate of drug-likeness (QED) is 0.481. The highest BCUT2D eigenvalue weighted by Gasteiger charge is 2.14. The van der Waals surface area contributed by atoms with Crippen LogP contribution < -0.4 is 20.1 Å². The minimum absolute atomic E-state index is 0.0263. The minimum Gasteiger partial charge on any atom is -0.493 e. The van der Waals surface area contributed by atoms with Gasteiger partial charge < -0.3 is 20.1 Å². The van der Waals surface area contributed by atoms with Gasteiger partial charge in [-0.25, -0.2) is 0 Å². The van der Waals surface area contributed by atoms with Gasteiger partial charge in [0.15, 0.2) is 11.5 Å². The minimum atomic E-state index is -0.214. The van der Waals surface area contributed by atoms with Crippen LogP contribution in [0.15, 0.2) is 67.0 Å². The molecule has 0 atom stereocenters. The molecule has 34 heavy (non-hydrogen) atoms. The highest BCUT2D eigenvalue weighted by molar-refractivity contribution is 5.95. The number of ether oxygens (including phenoxy) is 2. The lowest BCUT2D eigenvalue weighted by Gasteiger charge is -2.19. The molecule has 0 aliphatic rings. The number of nitrogens with one attached hydrogen (secondary N) is 2. The van der Waals surface area contributed by atoms with Gasteiger partial charge in [0.1, 0.15) is 6.61 Å². The van der Waals surface area contributed by atoms with E-state index < -0.39 is 0 Å². The molecule has 0 saturated heterocycles. The Hall–Kier alpha value is -3.87. The molecule has 3 aromatic rings. The maximum Gasteiger partial charge on any atom is 0.251 e. The second-order valence-corrected chi connectivity index (χ2v) is 8.89. The summed E-state index contributed by atoms with van der Waals surface area (Å²) in [7, 11) is 1.56. The highest BCUT2D eigenvalue weighted by Crippen LogP contribution is 2.31. The molecule has 2 N–H and O–H groups in total. The number of methoxy groups -OCH3 is 1. The van der Waals surface area contributed by atoms with Gasteiger partial charge in [0, 0.05) is 42.7 Å². The van der Waals surface area contributed by atoms with E-state index >= 15 is 0 Å². The second kappa shape index (κ2) is 11.3. The zero-order valence-electron chi connectivity index (χ0n) is 20.1. The number of hydrogen-bond donors (Lipinski definition) is 2. The molecule has 1 heterocycles. The topological polar surface area (TPSA) is 89.6 Å². The van der Waals surface area contributed by atoms with Crippen LogP contribution in [0.3, 0.4) is 0 Å². The Morgan fingerprint density at radius 2 is 1.65 bits per heavy atom. The fourth-order valence-corrected chi connectivity index (χ4v) is 3.24. The maximum atomic E-state index is 12.4. The molecule has 0 spiro atoms. The van der Waals surface area contributed by atoms with E-state index in [0.717, 1.165) is 11.1 Å². The number of amides is 2. The van der Waals surface area contributed by atoms with Crippen molar-refractivity contribution in [3.05, 3.63) is 83.7 Å². The first-order chi connectivity index (χ1) is 16.3. The maximum absolute atomic E-state index is 12.4. The van der Waals surface area contributed by atoms with Crippen LogP contribution in [0.2, 0.25) is 0 Å². The fourth-order valence-electron chi connectivity index (χ4n) is 3.24. The Bertz CT molecular complexity index is 1110. The third kappa shape index (κ3) is 7.07. The van der Waals surface area contributed by atoms with Crippen molar-refractivity contribution < 1.29 is 19.1 Å². The monoisotopic (exact) mass is 461 g/mol. The molecule has 0 bridgehead atoms. The number of carbonyl (C=O) groups is 2. The molecule has 2 amide bonds. The highest BCUT2D eigenvalue weighted by atomic mass is 16.5. The number of pyridine rings is 1. The molecule has 0 aliphatic heterocycles. The van der Waals surface area contributed by atoms with Crippen LogP contribution in [0.4, 0.5) is 5.69 Å². The number of hydrogen-bond acceptors (Lipinski definition) is 5. The molecule has 1 aromatic heterocycles. The molecule has 0 fully saturated rings. The number of rotatable bonds is 9. The fraction of sp³-hybridized carbons (Fsp3) is 0.296. The lowest BCUT2D eigenvalue weighted by Crippen LogP contribution is -2.27. The average Bonchev–Trinajstić information content (AvgIpc) is 2.83. The van der Waals surface area contributed by atoms with Crippen LogP contribution in [0.5, 0.6) is 11.5 Å². The third-order valence-corrected chi connectivity index (χ3v) is 5.24. The second-order valence-electron chi connectivity index (χ2n) is 8.89. The van der Waals surface area contributed by atoms with Gasteiger partial charge in [-0.3, -0.25) is 14.6 Å². The van der Waals surface area contributed by atoms with Gasteiger partial charge in [0.25, 0.3) is 5.91 Å². The zero-order valence-corrected chi connectivity index (χ0v) is 20.1. The van der Waals surface area contributed by atoms with E-state index in [2.05, 4.69) is 36.4 Å². The van der Waals surface area contributed by atoms with Crippen LogP contribution in [0, 0.1) is 0 Å². The Kier molecular flexibility index (Phi) is 8.24. The van der Waals surface area contributed by atoms with Gasteiger partial charge in [0.2, 0.25) is 5.91 Å². The number of benzene rings is 2. The van der Waals surface area contributed by atoms with E-state index in [-0.39, 0.29) is 30.2 Å². The van der Waals surface area contributed by atoms with Gasteiger partial charge >= 0.3 is 0 Å². The van der Waals surface area contributed by atoms with Gasteiger partial charge in [-0.15, -0.1) is 0 Å². The van der Waals surface area contributed by atoms with E-state index in [9.17, 15) is 9.59 Å². The van der Waals surface area contributed by atoms with E-state index in [1.165, 1.54) is 0 Å². The molecular weight excluding hydrogens is 430 g/mol. The summed E-state index contributed by atoms with van der Waals surface area (Å²) in [4.78, 5) is 28.8. The van der Waals surface area contributed by atoms with E-state index in [1.807, 2.05) is 24.3 Å². The molecule has 0 unspecified atom stereocenters. The first kappa shape index (κ1) is 24.8. The summed E-state index contributed by atoms with van der Waals surface area (Å²) in [5.74, 6) is 0.666. The van der Waals surface area contributed by atoms with Crippen LogP contribution in [-0.4, -0.2) is 30.5 Å². The molecule has 0 radical (unpaired) electrons. The van der Waals surface area contributed by atoms with Crippen molar-refractivity contribution in [2.24, 2.45) is 0 Å². The Labute approximate surface area is 200 Å². The number of carbonyl (C=O) groups excluding carboxylic acids is 2. The molecule has 7 nitrogen and oxygen atoms in total.